The third-order valence-corrected chi connectivity index (χ3v) is 3.49. The van der Waals surface area contributed by atoms with Crippen LogP contribution in [0, 0.1) is 0 Å². The molecule has 0 spiro atoms. The van der Waals surface area contributed by atoms with Gasteiger partial charge in [-0.15, -0.1) is 0 Å². The number of carbonyl (C=O) groups is 1. The van der Waals surface area contributed by atoms with Crippen LogP contribution in [-0.4, -0.2) is 24.6 Å². The Hall–Kier alpha value is -2.56. The Morgan fingerprint density at radius 3 is 3.00 bits per heavy atom. The van der Waals surface area contributed by atoms with Crippen LogP contribution >= 0.6 is 0 Å². The lowest BCUT2D eigenvalue weighted by Crippen LogP contribution is -2.16. The zero-order valence-electron chi connectivity index (χ0n) is 11.2. The third kappa shape index (κ3) is 1.97. The molecule has 1 aliphatic heterocycles. The SMILES string of the molecule is COC(=O)c1cc(N2CCc3ccccc32)ncc1N. The minimum Gasteiger partial charge on any atom is -0.465 e. The fourth-order valence-electron chi connectivity index (χ4n) is 2.47. The number of nitrogen functional groups attached to an aromatic ring is 1. The normalized spacial score (nSPS) is 13.2. The number of pyridine rings is 1. The van der Waals surface area contributed by atoms with Crippen molar-refractivity contribution in [2.24, 2.45) is 0 Å². The smallest absolute Gasteiger partial charge is 0.340 e. The molecular formula is C15H15N3O2. The fourth-order valence-corrected chi connectivity index (χ4v) is 2.47. The number of nitrogens with zero attached hydrogens (tertiary/aromatic N) is 2. The number of anilines is 3. The lowest BCUT2D eigenvalue weighted by Gasteiger charge is -2.19. The van der Waals surface area contributed by atoms with E-state index in [0.717, 1.165) is 18.7 Å². The average Bonchev–Trinajstić information content (AvgIpc) is 2.91. The summed E-state index contributed by atoms with van der Waals surface area (Å²) in [7, 11) is 1.34. The van der Waals surface area contributed by atoms with Gasteiger partial charge in [-0.3, -0.25) is 0 Å². The molecule has 1 aliphatic rings. The molecule has 20 heavy (non-hydrogen) atoms. The molecule has 1 aromatic heterocycles. The van der Waals surface area contributed by atoms with E-state index in [0.29, 0.717) is 17.1 Å². The van der Waals surface area contributed by atoms with Gasteiger partial charge in [-0.25, -0.2) is 9.78 Å². The molecule has 0 unspecified atom stereocenters. The summed E-state index contributed by atoms with van der Waals surface area (Å²) in [6.45, 7) is 0.844. The maximum Gasteiger partial charge on any atom is 0.340 e. The van der Waals surface area contributed by atoms with Gasteiger partial charge >= 0.3 is 5.97 Å². The van der Waals surface area contributed by atoms with Crippen molar-refractivity contribution in [3.8, 4) is 0 Å². The number of esters is 1. The van der Waals surface area contributed by atoms with Crippen LogP contribution < -0.4 is 10.6 Å². The molecule has 102 valence electrons. The van der Waals surface area contributed by atoms with Crippen LogP contribution in [0.3, 0.4) is 0 Å². The van der Waals surface area contributed by atoms with Gasteiger partial charge in [0.05, 0.1) is 24.6 Å². The van der Waals surface area contributed by atoms with Crippen LogP contribution in [-0.2, 0) is 11.2 Å². The monoisotopic (exact) mass is 269 g/mol. The summed E-state index contributed by atoms with van der Waals surface area (Å²) in [5, 5.41) is 0. The summed E-state index contributed by atoms with van der Waals surface area (Å²) >= 11 is 0. The van der Waals surface area contributed by atoms with Gasteiger partial charge in [0.25, 0.3) is 0 Å². The first-order valence-electron chi connectivity index (χ1n) is 6.40. The van der Waals surface area contributed by atoms with E-state index in [1.807, 2.05) is 12.1 Å². The van der Waals surface area contributed by atoms with E-state index in [9.17, 15) is 4.79 Å². The zero-order chi connectivity index (χ0) is 14.1. The van der Waals surface area contributed by atoms with E-state index >= 15 is 0 Å². The Morgan fingerprint density at radius 1 is 1.40 bits per heavy atom. The number of rotatable bonds is 2. The van der Waals surface area contributed by atoms with Crippen LogP contribution in [0.1, 0.15) is 15.9 Å². The fraction of sp³-hybridized carbons (Fsp3) is 0.200. The topological polar surface area (TPSA) is 68.5 Å². The highest BCUT2D eigenvalue weighted by molar-refractivity contribution is 5.96. The summed E-state index contributed by atoms with van der Waals surface area (Å²) in [4.78, 5) is 18.1. The molecule has 1 aromatic carbocycles. The van der Waals surface area contributed by atoms with Crippen LogP contribution in [0.4, 0.5) is 17.2 Å². The predicted octanol–water partition coefficient (Wildman–Crippen LogP) is 2.14. The highest BCUT2D eigenvalue weighted by Crippen LogP contribution is 2.34. The molecule has 0 fully saturated rings. The second kappa shape index (κ2) is 4.85. The lowest BCUT2D eigenvalue weighted by molar-refractivity contribution is 0.0602. The number of para-hydroxylation sites is 1. The predicted molar refractivity (Wildman–Crippen MR) is 77.1 cm³/mol. The van der Waals surface area contributed by atoms with Gasteiger partial charge < -0.3 is 15.4 Å². The van der Waals surface area contributed by atoms with Gasteiger partial charge in [-0.2, -0.15) is 0 Å². The Morgan fingerprint density at radius 2 is 2.20 bits per heavy atom. The minimum absolute atomic E-state index is 0.327. The van der Waals surface area contributed by atoms with Crippen LogP contribution in [0.25, 0.3) is 0 Å². The highest BCUT2D eigenvalue weighted by Gasteiger charge is 2.22. The molecule has 2 N–H and O–H groups in total. The lowest BCUT2D eigenvalue weighted by atomic mass is 10.2. The van der Waals surface area contributed by atoms with Gasteiger partial charge in [-0.1, -0.05) is 18.2 Å². The average molecular weight is 269 g/mol. The summed E-state index contributed by atoms with van der Waals surface area (Å²) in [5.74, 6) is 0.267. The van der Waals surface area contributed by atoms with Crippen molar-refractivity contribution in [2.45, 2.75) is 6.42 Å². The molecule has 3 rings (SSSR count). The van der Waals surface area contributed by atoms with E-state index in [1.54, 1.807) is 6.07 Å². The van der Waals surface area contributed by atoms with Crippen molar-refractivity contribution in [1.82, 2.24) is 4.98 Å². The Balaban J connectivity index is 2.02. The number of carbonyl (C=O) groups excluding carboxylic acids is 1. The molecule has 2 heterocycles. The number of benzene rings is 1. The van der Waals surface area contributed by atoms with Crippen molar-refractivity contribution >= 4 is 23.2 Å². The number of hydrogen-bond acceptors (Lipinski definition) is 5. The van der Waals surface area contributed by atoms with Gasteiger partial charge in [0.15, 0.2) is 0 Å². The summed E-state index contributed by atoms with van der Waals surface area (Å²) in [5.41, 5.74) is 8.86. The quantitative estimate of drug-likeness (QED) is 0.846. The standard InChI is InChI=1S/C15H15N3O2/c1-20-15(19)11-8-14(17-9-12(11)16)18-7-6-10-4-2-3-5-13(10)18/h2-5,8-9H,6-7,16H2,1H3. The van der Waals surface area contributed by atoms with Crippen molar-refractivity contribution in [3.63, 3.8) is 0 Å². The first-order chi connectivity index (χ1) is 9.70. The summed E-state index contributed by atoms with van der Waals surface area (Å²) in [6.07, 6.45) is 2.47. The molecule has 2 aromatic rings. The molecule has 0 saturated heterocycles. The molecule has 0 amide bonds. The van der Waals surface area contributed by atoms with Crippen molar-refractivity contribution in [2.75, 3.05) is 24.3 Å². The number of aromatic nitrogens is 1. The van der Waals surface area contributed by atoms with Gasteiger partial charge in [-0.05, 0) is 24.1 Å². The molecule has 0 radical (unpaired) electrons. The number of hydrogen-bond donors (Lipinski definition) is 1. The number of methoxy groups -OCH3 is 1. The van der Waals surface area contributed by atoms with Gasteiger partial charge in [0, 0.05) is 12.2 Å². The van der Waals surface area contributed by atoms with Gasteiger partial charge in [0.2, 0.25) is 0 Å². The molecular weight excluding hydrogens is 254 g/mol. The maximum absolute atomic E-state index is 11.7. The van der Waals surface area contributed by atoms with E-state index < -0.39 is 5.97 Å². The van der Waals surface area contributed by atoms with E-state index in [1.165, 1.54) is 18.9 Å². The second-order valence-electron chi connectivity index (χ2n) is 4.65. The molecule has 5 heteroatoms. The van der Waals surface area contributed by atoms with Crippen molar-refractivity contribution < 1.29 is 9.53 Å². The van der Waals surface area contributed by atoms with Gasteiger partial charge in [0.1, 0.15) is 5.82 Å². The third-order valence-electron chi connectivity index (χ3n) is 3.49. The van der Waals surface area contributed by atoms with Crippen molar-refractivity contribution in [1.29, 1.82) is 0 Å². The molecule has 0 saturated carbocycles. The van der Waals surface area contributed by atoms with Crippen LogP contribution in [0.5, 0.6) is 0 Å². The molecule has 0 bridgehead atoms. The zero-order valence-corrected chi connectivity index (χ0v) is 11.2. The first-order valence-corrected chi connectivity index (χ1v) is 6.40. The molecule has 0 atom stereocenters. The highest BCUT2D eigenvalue weighted by atomic mass is 16.5. The minimum atomic E-state index is -0.446. The van der Waals surface area contributed by atoms with Crippen LogP contribution in [0.15, 0.2) is 36.5 Å². The second-order valence-corrected chi connectivity index (χ2v) is 4.65. The Bertz CT molecular complexity index is 670. The van der Waals surface area contributed by atoms with Crippen molar-refractivity contribution in [3.05, 3.63) is 47.7 Å². The molecule has 0 aliphatic carbocycles. The molecule has 5 nitrogen and oxygen atoms in total. The largest absolute Gasteiger partial charge is 0.465 e. The number of nitrogens with two attached hydrogens (primary N) is 1. The number of fused-ring (bicyclic) bond motifs is 1. The Kier molecular flexibility index (Phi) is 3.02. The first kappa shape index (κ1) is 12.5. The number of ether oxygens (including phenoxy) is 1. The Labute approximate surface area is 117 Å². The van der Waals surface area contributed by atoms with E-state index in [4.69, 9.17) is 10.5 Å². The summed E-state index contributed by atoms with van der Waals surface area (Å²) < 4.78 is 4.74. The maximum atomic E-state index is 11.7. The van der Waals surface area contributed by atoms with E-state index in [-0.39, 0.29) is 0 Å². The van der Waals surface area contributed by atoms with E-state index in [2.05, 4.69) is 22.0 Å². The summed E-state index contributed by atoms with van der Waals surface area (Å²) in [6, 6.07) is 9.86. The van der Waals surface area contributed by atoms with Crippen LogP contribution in [0.2, 0.25) is 0 Å².